The highest BCUT2D eigenvalue weighted by Crippen LogP contribution is 2.16. The monoisotopic (exact) mass is 261 g/mol. The number of piperidine rings is 1. The van der Waals surface area contributed by atoms with Crippen LogP contribution in [0.3, 0.4) is 0 Å². The van der Waals surface area contributed by atoms with Gasteiger partial charge in [0, 0.05) is 18.6 Å². The molecule has 0 amide bonds. The first-order valence-electron chi connectivity index (χ1n) is 7.09. The Bertz CT molecular complexity index is 427. The third-order valence-corrected chi connectivity index (χ3v) is 4.27. The number of nitrogens with zero attached hydrogens (tertiary/aromatic N) is 1. The average Bonchev–Trinajstić information content (AvgIpc) is 2.42. The molecule has 1 N–H and O–H groups in total. The molecule has 1 heterocycles. The number of nitrogens with one attached hydrogen (secondary N) is 1. The van der Waals surface area contributed by atoms with Gasteiger partial charge in [0.25, 0.3) is 0 Å². The SMILES string of the molecule is COc1ccc(C=N[C@H]2C[C@@H](C)[NH+](C)C[C@H]2C)cc1. The Morgan fingerprint density at radius 3 is 2.58 bits per heavy atom. The molecule has 0 aliphatic carbocycles. The predicted octanol–water partition coefficient (Wildman–Crippen LogP) is 1.43. The molecule has 19 heavy (non-hydrogen) atoms. The molecule has 1 saturated heterocycles. The fourth-order valence-corrected chi connectivity index (χ4v) is 2.72. The van der Waals surface area contributed by atoms with Gasteiger partial charge in [-0.1, -0.05) is 6.92 Å². The van der Waals surface area contributed by atoms with Crippen LogP contribution < -0.4 is 9.64 Å². The molecule has 0 saturated carbocycles. The van der Waals surface area contributed by atoms with Gasteiger partial charge < -0.3 is 9.64 Å². The van der Waals surface area contributed by atoms with Crippen molar-refractivity contribution in [3.8, 4) is 5.75 Å². The summed E-state index contributed by atoms with van der Waals surface area (Å²) in [5.41, 5.74) is 1.15. The first-order valence-corrected chi connectivity index (χ1v) is 7.09. The average molecular weight is 261 g/mol. The lowest BCUT2D eigenvalue weighted by molar-refractivity contribution is -0.913. The molecule has 0 radical (unpaired) electrons. The van der Waals surface area contributed by atoms with E-state index < -0.39 is 0 Å². The van der Waals surface area contributed by atoms with Crippen molar-refractivity contribution in [3.63, 3.8) is 0 Å². The number of hydrogen-bond acceptors (Lipinski definition) is 2. The van der Waals surface area contributed by atoms with Crippen LogP contribution >= 0.6 is 0 Å². The third kappa shape index (κ3) is 3.57. The Morgan fingerprint density at radius 1 is 1.26 bits per heavy atom. The maximum atomic E-state index is 5.16. The summed E-state index contributed by atoms with van der Waals surface area (Å²) >= 11 is 0. The molecular weight excluding hydrogens is 236 g/mol. The van der Waals surface area contributed by atoms with Gasteiger partial charge in [0.15, 0.2) is 0 Å². The zero-order chi connectivity index (χ0) is 13.8. The van der Waals surface area contributed by atoms with Crippen LogP contribution in [0, 0.1) is 5.92 Å². The van der Waals surface area contributed by atoms with E-state index in [-0.39, 0.29) is 0 Å². The molecule has 4 atom stereocenters. The van der Waals surface area contributed by atoms with E-state index in [0.717, 1.165) is 11.3 Å². The molecule has 1 aliphatic rings. The Kier molecular flexibility index (Phi) is 4.59. The molecule has 1 fully saturated rings. The summed E-state index contributed by atoms with van der Waals surface area (Å²) in [5, 5.41) is 0. The smallest absolute Gasteiger partial charge is 0.118 e. The van der Waals surface area contributed by atoms with E-state index in [0.29, 0.717) is 18.0 Å². The highest BCUT2D eigenvalue weighted by atomic mass is 16.5. The maximum absolute atomic E-state index is 5.16. The zero-order valence-corrected chi connectivity index (χ0v) is 12.4. The highest BCUT2D eigenvalue weighted by molar-refractivity contribution is 5.79. The van der Waals surface area contributed by atoms with Crippen LogP contribution in [0.5, 0.6) is 5.75 Å². The summed E-state index contributed by atoms with van der Waals surface area (Å²) < 4.78 is 5.16. The standard InChI is InChI=1S/C16H24N2O/c1-12-11-18(3)13(2)9-16(12)17-10-14-5-7-15(19-4)8-6-14/h5-8,10,12-13,16H,9,11H2,1-4H3/p+1/t12-,13-,16+/m1/s1. The Labute approximate surface area is 116 Å². The Morgan fingerprint density at radius 2 is 1.95 bits per heavy atom. The van der Waals surface area contributed by atoms with Gasteiger partial charge in [0.1, 0.15) is 5.75 Å². The first kappa shape index (κ1) is 14.1. The van der Waals surface area contributed by atoms with Crippen LogP contribution in [0.25, 0.3) is 0 Å². The maximum Gasteiger partial charge on any atom is 0.118 e. The van der Waals surface area contributed by atoms with Crippen molar-refractivity contribution < 1.29 is 9.64 Å². The van der Waals surface area contributed by atoms with E-state index in [2.05, 4.69) is 33.0 Å². The van der Waals surface area contributed by atoms with Crippen molar-refractivity contribution in [2.45, 2.75) is 32.4 Å². The molecule has 1 aromatic carbocycles. The normalized spacial score (nSPS) is 31.6. The molecule has 1 aromatic rings. The van der Waals surface area contributed by atoms with Crippen molar-refractivity contribution >= 4 is 6.21 Å². The highest BCUT2D eigenvalue weighted by Gasteiger charge is 2.31. The molecule has 0 spiro atoms. The van der Waals surface area contributed by atoms with E-state index in [9.17, 15) is 0 Å². The van der Waals surface area contributed by atoms with Crippen LogP contribution in [0.15, 0.2) is 29.3 Å². The lowest BCUT2D eigenvalue weighted by atomic mass is 9.90. The van der Waals surface area contributed by atoms with Gasteiger partial charge in [0.2, 0.25) is 0 Å². The minimum absolute atomic E-state index is 0.459. The quantitative estimate of drug-likeness (QED) is 0.818. The summed E-state index contributed by atoms with van der Waals surface area (Å²) in [6.07, 6.45) is 3.19. The van der Waals surface area contributed by atoms with E-state index in [1.807, 2.05) is 18.3 Å². The lowest BCUT2D eigenvalue weighted by Crippen LogP contribution is -3.14. The largest absolute Gasteiger partial charge is 0.497 e. The summed E-state index contributed by atoms with van der Waals surface area (Å²) in [5.74, 6) is 1.55. The van der Waals surface area contributed by atoms with Gasteiger partial charge in [-0.3, -0.25) is 4.99 Å². The van der Waals surface area contributed by atoms with Gasteiger partial charge in [-0.2, -0.15) is 0 Å². The summed E-state index contributed by atoms with van der Waals surface area (Å²) in [6, 6.07) is 9.22. The zero-order valence-electron chi connectivity index (χ0n) is 12.4. The van der Waals surface area contributed by atoms with E-state index >= 15 is 0 Å². The number of benzene rings is 1. The second-order valence-corrected chi connectivity index (χ2v) is 5.78. The number of rotatable bonds is 3. The molecule has 1 aliphatic heterocycles. The number of hydrogen-bond donors (Lipinski definition) is 1. The number of aliphatic imine (C=N–C) groups is 1. The summed E-state index contributed by atoms with van der Waals surface area (Å²) in [6.45, 7) is 5.84. The number of likely N-dealkylation sites (tertiary alicyclic amines) is 1. The summed E-state index contributed by atoms with van der Waals surface area (Å²) in [7, 11) is 3.97. The molecule has 1 unspecified atom stereocenters. The topological polar surface area (TPSA) is 26.0 Å². The van der Waals surface area contributed by atoms with Crippen LogP contribution in [-0.2, 0) is 0 Å². The van der Waals surface area contributed by atoms with Gasteiger partial charge >= 0.3 is 0 Å². The van der Waals surface area contributed by atoms with Crippen LogP contribution in [0.1, 0.15) is 25.8 Å². The number of quaternary nitrogens is 1. The van der Waals surface area contributed by atoms with Gasteiger partial charge in [-0.05, 0) is 36.8 Å². The fourth-order valence-electron chi connectivity index (χ4n) is 2.72. The van der Waals surface area contributed by atoms with Crippen molar-refractivity contribution in [1.82, 2.24) is 0 Å². The van der Waals surface area contributed by atoms with Gasteiger partial charge in [-0.15, -0.1) is 0 Å². The predicted molar refractivity (Wildman–Crippen MR) is 79.4 cm³/mol. The Hall–Kier alpha value is -1.35. The first-order chi connectivity index (χ1) is 9.10. The minimum atomic E-state index is 0.459. The summed E-state index contributed by atoms with van der Waals surface area (Å²) in [4.78, 5) is 6.42. The number of ether oxygens (including phenoxy) is 1. The van der Waals surface area contributed by atoms with Crippen molar-refractivity contribution in [1.29, 1.82) is 0 Å². The van der Waals surface area contributed by atoms with E-state index in [1.165, 1.54) is 13.0 Å². The van der Waals surface area contributed by atoms with Crippen LogP contribution in [0.2, 0.25) is 0 Å². The Balaban J connectivity index is 2.00. The van der Waals surface area contributed by atoms with E-state index in [4.69, 9.17) is 9.73 Å². The van der Waals surface area contributed by atoms with Crippen molar-refractivity contribution in [2.75, 3.05) is 20.7 Å². The van der Waals surface area contributed by atoms with E-state index in [1.54, 1.807) is 12.0 Å². The van der Waals surface area contributed by atoms with Crippen molar-refractivity contribution in [2.24, 2.45) is 10.9 Å². The fraction of sp³-hybridized carbons (Fsp3) is 0.562. The molecular formula is C16H25N2O+. The second kappa shape index (κ2) is 6.20. The van der Waals surface area contributed by atoms with Crippen LogP contribution in [0.4, 0.5) is 0 Å². The van der Waals surface area contributed by atoms with Crippen LogP contribution in [-0.4, -0.2) is 39.0 Å². The molecule has 104 valence electrons. The minimum Gasteiger partial charge on any atom is -0.497 e. The second-order valence-electron chi connectivity index (χ2n) is 5.78. The van der Waals surface area contributed by atoms with Gasteiger partial charge in [-0.25, -0.2) is 0 Å². The molecule has 2 rings (SSSR count). The van der Waals surface area contributed by atoms with Gasteiger partial charge in [0.05, 0.1) is 32.8 Å². The number of methoxy groups -OCH3 is 1. The molecule has 3 heteroatoms. The lowest BCUT2D eigenvalue weighted by Gasteiger charge is -2.34. The third-order valence-electron chi connectivity index (χ3n) is 4.27. The van der Waals surface area contributed by atoms with Crippen molar-refractivity contribution in [3.05, 3.63) is 29.8 Å². The molecule has 0 aromatic heterocycles. The molecule has 3 nitrogen and oxygen atoms in total. The molecule has 0 bridgehead atoms.